The van der Waals surface area contributed by atoms with Gasteiger partial charge in [0.2, 0.25) is 23.6 Å². The number of amides is 4. The first-order chi connectivity index (χ1) is 23.8. The Morgan fingerprint density at radius 3 is 1.28 bits per heavy atom. The number of rotatable bonds is 8. The minimum atomic E-state index is -0.780. The van der Waals surface area contributed by atoms with E-state index in [4.69, 9.17) is 4.74 Å². The van der Waals surface area contributed by atoms with Crippen LogP contribution in [0, 0.1) is 22.7 Å². The molecule has 4 fully saturated rings. The van der Waals surface area contributed by atoms with Gasteiger partial charge in [-0.25, -0.2) is 4.79 Å². The highest BCUT2D eigenvalue weighted by atomic mass is 16.5. The monoisotopic (exact) mass is 753 g/mol. The summed E-state index contributed by atoms with van der Waals surface area (Å²) in [4.78, 5) is 82.3. The van der Waals surface area contributed by atoms with Gasteiger partial charge in [0.15, 0.2) is 5.78 Å². The normalized spacial score (nSPS) is 24.5. The number of hydrogen-bond donors (Lipinski definition) is 2. The molecule has 2 N–H and O–H groups in total. The lowest BCUT2D eigenvalue weighted by atomic mass is 9.77. The number of carbonyl (C=O) groups excluding carboxylic acids is 6. The molecule has 0 aliphatic carbocycles. The average Bonchev–Trinajstić information content (AvgIpc) is 3.67. The number of ether oxygens (including phenoxy) is 1. The molecule has 306 valence electrons. The van der Waals surface area contributed by atoms with Crippen LogP contribution < -0.4 is 0 Å². The third kappa shape index (κ3) is 13.0. The van der Waals surface area contributed by atoms with Gasteiger partial charge in [-0.2, -0.15) is 0 Å². The van der Waals surface area contributed by atoms with Gasteiger partial charge in [0.1, 0.15) is 6.04 Å². The third-order valence-corrected chi connectivity index (χ3v) is 10.9. The fourth-order valence-corrected chi connectivity index (χ4v) is 7.68. The molecule has 0 aromatic heterocycles. The highest BCUT2D eigenvalue weighted by molar-refractivity contribution is 5.92. The predicted molar refractivity (Wildman–Crippen MR) is 204 cm³/mol. The Morgan fingerprint density at radius 1 is 0.623 bits per heavy atom. The van der Waals surface area contributed by atoms with Crippen LogP contribution in [0.4, 0.5) is 0 Å². The molecule has 4 saturated heterocycles. The minimum Gasteiger partial charge on any atom is -0.467 e. The van der Waals surface area contributed by atoms with Crippen molar-refractivity contribution in [3.8, 4) is 0 Å². The maximum atomic E-state index is 13.2. The number of ketones is 1. The minimum absolute atomic E-state index is 0. The standard InChI is InChI=1S/C19H32N2O5.C19H32N2O4.2CH4/c1-19(2,3)14(11-16(23)20-8-6-5-7-9-20)17(24)21-12-13(22)10-15(21)18(25)26-4;1-13(22)16-10-14(23)12-21(16)18(25)15(19(2,3)4)11-17(24)20-8-6-5-7-9-20;;/h13-15,22H,5-12H2,1-4H3;14-16,23H,5-12H2,1-4H3;2*1H4/t13-,14-,15+;14-,15-,16+;;/m11../s1. The van der Waals surface area contributed by atoms with Crippen LogP contribution in [0.5, 0.6) is 0 Å². The van der Waals surface area contributed by atoms with E-state index in [-0.39, 0.29) is 83.0 Å². The summed E-state index contributed by atoms with van der Waals surface area (Å²) < 4.78 is 4.79. The number of Topliss-reactive ketones (excluding diaryl/α,β-unsaturated/α-hetero) is 1. The highest BCUT2D eigenvalue weighted by Crippen LogP contribution is 2.35. The third-order valence-electron chi connectivity index (χ3n) is 10.9. The molecule has 0 spiro atoms. The van der Waals surface area contributed by atoms with Crippen LogP contribution in [0.15, 0.2) is 0 Å². The van der Waals surface area contributed by atoms with Gasteiger partial charge in [-0.1, -0.05) is 56.4 Å². The summed E-state index contributed by atoms with van der Waals surface area (Å²) in [6, 6.07) is -1.35. The second kappa shape index (κ2) is 20.6. The van der Waals surface area contributed by atoms with Gasteiger partial charge in [0.25, 0.3) is 0 Å². The fourth-order valence-electron chi connectivity index (χ4n) is 7.68. The van der Waals surface area contributed by atoms with Crippen molar-refractivity contribution in [2.75, 3.05) is 46.4 Å². The Morgan fingerprint density at radius 2 is 0.962 bits per heavy atom. The zero-order valence-electron chi connectivity index (χ0n) is 32.3. The molecule has 0 aromatic carbocycles. The molecule has 53 heavy (non-hydrogen) atoms. The van der Waals surface area contributed by atoms with Crippen LogP contribution in [-0.2, 0) is 33.5 Å². The van der Waals surface area contributed by atoms with Crippen molar-refractivity contribution in [2.24, 2.45) is 22.7 Å². The van der Waals surface area contributed by atoms with Crippen molar-refractivity contribution in [3.63, 3.8) is 0 Å². The molecule has 13 nitrogen and oxygen atoms in total. The molecule has 6 atom stereocenters. The van der Waals surface area contributed by atoms with Crippen LogP contribution in [0.1, 0.15) is 128 Å². The maximum Gasteiger partial charge on any atom is 0.328 e. The van der Waals surface area contributed by atoms with Gasteiger partial charge in [0, 0.05) is 65.0 Å². The number of nitrogens with zero attached hydrogens (tertiary/aromatic N) is 4. The van der Waals surface area contributed by atoms with E-state index in [1.165, 1.54) is 23.8 Å². The molecule has 0 bridgehead atoms. The van der Waals surface area contributed by atoms with Crippen molar-refractivity contribution < 1.29 is 43.7 Å². The first-order valence-electron chi connectivity index (χ1n) is 18.9. The average molecular weight is 753 g/mol. The smallest absolute Gasteiger partial charge is 0.328 e. The first-order valence-corrected chi connectivity index (χ1v) is 18.9. The lowest BCUT2D eigenvalue weighted by Crippen LogP contribution is -2.49. The quantitative estimate of drug-likeness (QED) is 0.348. The lowest BCUT2D eigenvalue weighted by molar-refractivity contribution is -0.155. The number of hydrogen-bond acceptors (Lipinski definition) is 9. The Labute approximate surface area is 319 Å². The molecule has 4 rings (SSSR count). The van der Waals surface area contributed by atoms with Crippen LogP contribution in [0.25, 0.3) is 0 Å². The molecule has 0 unspecified atom stereocenters. The van der Waals surface area contributed by atoms with Crippen molar-refractivity contribution in [2.45, 2.75) is 152 Å². The summed E-state index contributed by atoms with van der Waals surface area (Å²) in [5, 5.41) is 19.9. The van der Waals surface area contributed by atoms with Crippen molar-refractivity contribution in [3.05, 3.63) is 0 Å². The number of methoxy groups -OCH3 is 1. The van der Waals surface area contributed by atoms with E-state index in [1.54, 1.807) is 0 Å². The van der Waals surface area contributed by atoms with Crippen LogP contribution in [0.2, 0.25) is 0 Å². The van der Waals surface area contributed by atoms with Crippen molar-refractivity contribution >= 4 is 35.4 Å². The number of likely N-dealkylation sites (tertiary alicyclic amines) is 4. The summed E-state index contributed by atoms with van der Waals surface area (Å²) >= 11 is 0. The second-order valence-corrected chi connectivity index (χ2v) is 17.1. The lowest BCUT2D eigenvalue weighted by Gasteiger charge is -2.36. The van der Waals surface area contributed by atoms with E-state index in [1.807, 2.05) is 51.3 Å². The van der Waals surface area contributed by atoms with E-state index >= 15 is 0 Å². The van der Waals surface area contributed by atoms with Crippen LogP contribution in [-0.4, -0.2) is 136 Å². The summed E-state index contributed by atoms with van der Waals surface area (Å²) in [5.41, 5.74) is -0.825. The van der Waals surface area contributed by atoms with E-state index < -0.39 is 52.9 Å². The van der Waals surface area contributed by atoms with Gasteiger partial charge in [-0.3, -0.25) is 24.0 Å². The van der Waals surface area contributed by atoms with Gasteiger partial charge >= 0.3 is 5.97 Å². The molecule has 0 saturated carbocycles. The number of aliphatic hydroxyl groups excluding tert-OH is 2. The van der Waals surface area contributed by atoms with Crippen LogP contribution >= 0.6 is 0 Å². The van der Waals surface area contributed by atoms with Gasteiger partial charge in [-0.15, -0.1) is 0 Å². The van der Waals surface area contributed by atoms with E-state index in [2.05, 4.69) is 0 Å². The summed E-state index contributed by atoms with van der Waals surface area (Å²) in [5.74, 6) is -2.10. The zero-order chi connectivity index (χ0) is 38.3. The number of β-amino-alcohol motifs (C(OH)–C–C–N with tert-alkyl or cyclic N) is 2. The number of esters is 1. The van der Waals surface area contributed by atoms with E-state index in [0.717, 1.165) is 64.7 Å². The zero-order valence-corrected chi connectivity index (χ0v) is 32.3. The molecule has 4 heterocycles. The van der Waals surface area contributed by atoms with E-state index in [9.17, 15) is 39.0 Å². The first kappa shape index (κ1) is 48.0. The highest BCUT2D eigenvalue weighted by Gasteiger charge is 2.46. The summed E-state index contributed by atoms with van der Waals surface area (Å²) in [6.07, 6.45) is 5.67. The van der Waals surface area contributed by atoms with E-state index in [0.29, 0.717) is 0 Å². The topological polar surface area (TPSA) is 165 Å². The van der Waals surface area contributed by atoms with Gasteiger partial charge < -0.3 is 34.5 Å². The molecular weight excluding hydrogens is 680 g/mol. The Kier molecular flexibility index (Phi) is 18.6. The molecular formula is C40H72N4O9. The molecule has 4 aliphatic rings. The largest absolute Gasteiger partial charge is 0.467 e. The predicted octanol–water partition coefficient (Wildman–Crippen LogP) is 4.06. The van der Waals surface area contributed by atoms with Crippen molar-refractivity contribution in [1.29, 1.82) is 0 Å². The Balaban J connectivity index is 0.000000511. The number of carbonyl (C=O) groups is 6. The molecule has 0 aromatic rings. The summed E-state index contributed by atoms with van der Waals surface area (Å²) in [7, 11) is 1.27. The van der Waals surface area contributed by atoms with Crippen LogP contribution in [0.3, 0.4) is 0 Å². The van der Waals surface area contributed by atoms with Crippen molar-refractivity contribution in [1.82, 2.24) is 19.6 Å². The number of piperidine rings is 2. The summed E-state index contributed by atoms with van der Waals surface area (Å²) in [6.45, 7) is 16.4. The maximum absolute atomic E-state index is 13.2. The Hall–Kier alpha value is -3.06. The number of aliphatic hydroxyl groups is 2. The fraction of sp³-hybridized carbons (Fsp3) is 0.850. The molecule has 0 radical (unpaired) electrons. The molecule has 4 amide bonds. The SMILES string of the molecule is C.C.CC(=O)[C@@H]1C[C@@H](O)CN1C(=O)[C@@H](CC(=O)N1CCCCC1)C(C)(C)C.COC(=O)[C@@H]1C[C@@H](O)CN1C(=O)[C@@H](CC(=O)N1CCCCC1)C(C)(C)C. The second-order valence-electron chi connectivity index (χ2n) is 17.1. The van der Waals surface area contributed by atoms with Gasteiger partial charge in [0.05, 0.1) is 37.2 Å². The molecule has 4 aliphatic heterocycles. The Bertz CT molecular complexity index is 1250. The van der Waals surface area contributed by atoms with Gasteiger partial charge in [-0.05, 0) is 56.3 Å². The molecule has 13 heteroatoms.